The molecule has 0 amide bonds. The zero-order valence-electron chi connectivity index (χ0n) is 75.4. The molecule has 21 aromatic carbocycles. The Morgan fingerprint density at radius 3 is 0.722 bits per heavy atom. The van der Waals surface area contributed by atoms with Crippen LogP contribution in [0, 0.1) is 0 Å². The molecule has 2 aliphatic rings. The lowest BCUT2D eigenvalue weighted by atomic mass is 9.76. The summed E-state index contributed by atoms with van der Waals surface area (Å²) in [6.07, 6.45) is 0. The average molecular weight is 1780 g/mol. The van der Waals surface area contributed by atoms with Gasteiger partial charge in [-0.2, -0.15) is 0 Å². The molecule has 0 unspecified atom stereocenters. The van der Waals surface area contributed by atoms with Crippen LogP contribution in [0.2, 0.25) is 0 Å². The van der Waals surface area contributed by atoms with E-state index in [4.69, 9.17) is 28.6 Å². The molecule has 23 aromatic rings. The lowest BCUT2D eigenvalue weighted by molar-refractivity contribution is 0.00578. The fourth-order valence-electron chi connectivity index (χ4n) is 20.2. The summed E-state index contributed by atoms with van der Waals surface area (Å²) in [6, 6.07) is 152. The molecule has 0 radical (unpaired) electrons. The van der Waals surface area contributed by atoms with Crippen molar-refractivity contribution in [3.05, 3.63) is 423 Å². The highest BCUT2D eigenvalue weighted by molar-refractivity contribution is 9.10. The second kappa shape index (κ2) is 33.1. The van der Waals surface area contributed by atoms with Crippen LogP contribution >= 0.6 is 15.9 Å². The van der Waals surface area contributed by atoms with Gasteiger partial charge in [0.1, 0.15) is 4.60 Å². The summed E-state index contributed by atoms with van der Waals surface area (Å²) in [7, 11) is -0.962. The predicted molar refractivity (Wildman–Crippen MR) is 568 cm³/mol. The third-order valence-corrected chi connectivity index (χ3v) is 28.9. The molecule has 25 rings (SSSR count). The molecular formula is C124H93B2BrN2O4. The number of hydrogen-bond donors (Lipinski definition) is 0. The van der Waals surface area contributed by atoms with Gasteiger partial charge in [0.15, 0.2) is 0 Å². The van der Waals surface area contributed by atoms with Crippen molar-refractivity contribution < 1.29 is 18.6 Å². The highest BCUT2D eigenvalue weighted by Gasteiger charge is 2.53. The summed E-state index contributed by atoms with van der Waals surface area (Å²) < 4.78 is 26.7. The Kier molecular flexibility index (Phi) is 20.6. The second-order valence-electron chi connectivity index (χ2n) is 37.6. The Morgan fingerprint density at radius 2 is 0.421 bits per heavy atom. The number of pyridine rings is 2. The molecule has 0 saturated carbocycles. The first-order valence-corrected chi connectivity index (χ1v) is 46.8. The van der Waals surface area contributed by atoms with Crippen LogP contribution in [0.3, 0.4) is 0 Å². The van der Waals surface area contributed by atoms with Gasteiger partial charge in [-0.25, -0.2) is 4.98 Å². The molecule has 2 aliphatic heterocycles. The van der Waals surface area contributed by atoms with E-state index in [9.17, 15) is 0 Å². The third-order valence-electron chi connectivity index (χ3n) is 28.4. The zero-order chi connectivity index (χ0) is 90.0. The first-order valence-electron chi connectivity index (χ1n) is 46.0. The largest absolute Gasteiger partial charge is 0.514 e. The molecule has 0 aliphatic carbocycles. The summed E-state index contributed by atoms with van der Waals surface area (Å²) in [5.41, 5.74) is 18.8. The molecule has 2 saturated heterocycles. The maximum atomic E-state index is 6.53. The molecule has 0 bridgehead atoms. The van der Waals surface area contributed by atoms with Crippen molar-refractivity contribution in [2.24, 2.45) is 0 Å². The first-order chi connectivity index (χ1) is 64.8. The van der Waals surface area contributed by atoms with Crippen molar-refractivity contribution in [3.8, 4) is 89.3 Å². The number of rotatable bonds is 10. The lowest BCUT2D eigenvalue weighted by Crippen LogP contribution is -2.41. The zero-order valence-corrected chi connectivity index (χ0v) is 77.0. The standard InChI is InChI=1S/C45H36BNO2.C40H33BO2.C39H24BrN/c1-44(2)45(3,4)49-46(48-44)41-19-11-18-40(47-41)33-24-25-38-39(28-33)43(35-23-21-30-13-6-8-15-32(30)27-35)37-17-10-9-16-36(37)42(38)34-22-20-29-12-5-7-14-31(29)26-34;1-39(2)40(3,4)43-41(42-39)32-21-22-35-36(25-32)38(31-20-18-27-12-6-8-14-29(27)24-31)34-16-10-9-15-33(34)37(35)30-19-17-26-11-5-7-13-28(26)23-30;40-37-15-7-14-36(41-37)29-20-21-34-35(24-29)39(31-19-17-26-9-2-4-11-28(26)23-31)33-13-6-5-12-32(33)38(34)30-18-16-25-8-1-3-10-27(25)22-30/h5-28H,1-4H3;5-25H,1-4H3;1-24H. The van der Waals surface area contributed by atoms with E-state index in [2.05, 4.69) is 472 Å². The van der Waals surface area contributed by atoms with Gasteiger partial charge < -0.3 is 18.6 Å². The van der Waals surface area contributed by atoms with E-state index < -0.39 is 36.6 Å². The van der Waals surface area contributed by atoms with Gasteiger partial charge in [0.25, 0.3) is 0 Å². The fraction of sp³-hybridized carbons (Fsp3) is 0.0968. The van der Waals surface area contributed by atoms with Crippen molar-refractivity contribution >= 4 is 170 Å². The van der Waals surface area contributed by atoms with Gasteiger partial charge in [0.05, 0.1) is 39.4 Å². The minimum atomic E-state index is -0.526. The normalized spacial score (nSPS) is 14.4. The summed E-state index contributed by atoms with van der Waals surface area (Å²) in [6.45, 7) is 16.7. The molecule has 0 spiro atoms. The maximum absolute atomic E-state index is 6.53. The minimum absolute atomic E-state index is 0.409. The quantitative estimate of drug-likeness (QED) is 0.0772. The Bertz CT molecular complexity index is 8650. The van der Waals surface area contributed by atoms with E-state index in [0.29, 0.717) is 0 Å². The molecule has 4 heterocycles. The van der Waals surface area contributed by atoms with Crippen molar-refractivity contribution in [1.82, 2.24) is 9.97 Å². The summed E-state index contributed by atoms with van der Waals surface area (Å²) in [4.78, 5) is 9.92. The van der Waals surface area contributed by atoms with Gasteiger partial charge in [0, 0.05) is 11.1 Å². The van der Waals surface area contributed by atoms with Crippen LogP contribution in [0.25, 0.3) is 219 Å². The highest BCUT2D eigenvalue weighted by atomic mass is 79.9. The van der Waals surface area contributed by atoms with Crippen LogP contribution in [-0.4, -0.2) is 46.6 Å². The molecule has 9 heteroatoms. The van der Waals surface area contributed by atoms with Gasteiger partial charge in [0.2, 0.25) is 0 Å². The monoisotopic (exact) mass is 1770 g/mol. The number of hydrogen-bond acceptors (Lipinski definition) is 6. The van der Waals surface area contributed by atoms with Crippen LogP contribution in [-0.2, 0) is 18.6 Å². The van der Waals surface area contributed by atoms with E-state index >= 15 is 0 Å². The van der Waals surface area contributed by atoms with Crippen LogP contribution < -0.4 is 11.1 Å². The van der Waals surface area contributed by atoms with E-state index in [-0.39, 0.29) is 0 Å². The average Bonchev–Trinajstić information content (AvgIpc) is 1.37. The lowest BCUT2D eigenvalue weighted by Gasteiger charge is -2.32. The van der Waals surface area contributed by atoms with Crippen molar-refractivity contribution in [2.75, 3.05) is 0 Å². The first kappa shape index (κ1) is 82.9. The maximum Gasteiger partial charge on any atom is 0.514 e. The Balaban J connectivity index is 0.000000113. The van der Waals surface area contributed by atoms with Gasteiger partial charge in [-0.15, -0.1) is 0 Å². The minimum Gasteiger partial charge on any atom is -0.399 e. The van der Waals surface area contributed by atoms with Crippen molar-refractivity contribution in [2.45, 2.75) is 77.8 Å². The fourth-order valence-corrected chi connectivity index (χ4v) is 20.6. The van der Waals surface area contributed by atoms with Crippen LogP contribution in [0.5, 0.6) is 0 Å². The number of benzene rings is 21. The van der Waals surface area contributed by atoms with E-state index in [1.54, 1.807) is 0 Å². The second-order valence-corrected chi connectivity index (χ2v) is 38.4. The smallest absolute Gasteiger partial charge is 0.399 e. The van der Waals surface area contributed by atoms with Gasteiger partial charge in [-0.3, -0.25) is 4.98 Å². The van der Waals surface area contributed by atoms with Gasteiger partial charge in [-0.05, 0) is 346 Å². The third kappa shape index (κ3) is 15.0. The molecular weight excluding hydrogens is 1680 g/mol. The van der Waals surface area contributed by atoms with E-state index in [0.717, 1.165) is 38.2 Å². The predicted octanol–water partition coefficient (Wildman–Crippen LogP) is 32.4. The number of aromatic nitrogens is 2. The summed E-state index contributed by atoms with van der Waals surface area (Å²) >= 11 is 3.57. The van der Waals surface area contributed by atoms with E-state index in [1.165, 1.54) is 196 Å². The van der Waals surface area contributed by atoms with Crippen LogP contribution in [0.1, 0.15) is 55.4 Å². The Labute approximate surface area is 783 Å². The molecule has 6 nitrogen and oxygen atoms in total. The van der Waals surface area contributed by atoms with Crippen molar-refractivity contribution in [3.63, 3.8) is 0 Å². The number of halogens is 1. The highest BCUT2D eigenvalue weighted by Crippen LogP contribution is 2.51. The van der Waals surface area contributed by atoms with Crippen LogP contribution in [0.4, 0.5) is 0 Å². The molecule has 133 heavy (non-hydrogen) atoms. The summed E-state index contributed by atoms with van der Waals surface area (Å²) in [5.74, 6) is 0. The number of nitrogens with zero attached hydrogens (tertiary/aromatic N) is 2. The SMILES string of the molecule is Brc1cccc(-c2ccc3c(-c4ccc5ccccc5c4)c4ccccc4c(-c4ccc5ccccc5c4)c3c2)n1.CC1(C)OB(c2ccc3c(-c4ccc5ccccc5c4)c4ccccc4c(-c4ccc5ccccc5c4)c3c2)OC1(C)C.CC1(C)OB(c2cccc(-c3ccc4c(-c5ccc6ccccc6c5)c5ccccc5c(-c5ccc6ccccc6c5)c4c3)n2)OC1(C)C. The van der Waals surface area contributed by atoms with Crippen LogP contribution in [0.15, 0.2) is 423 Å². The summed E-state index contributed by atoms with van der Waals surface area (Å²) in [5, 5.41) is 29.6. The molecule has 2 fully saturated rings. The van der Waals surface area contributed by atoms with Gasteiger partial charge in [-0.1, -0.05) is 346 Å². The molecule has 2 aromatic heterocycles. The molecule has 636 valence electrons. The van der Waals surface area contributed by atoms with E-state index in [1.807, 2.05) is 18.2 Å². The molecule has 0 atom stereocenters. The molecule has 0 N–H and O–H groups in total. The van der Waals surface area contributed by atoms with Crippen molar-refractivity contribution in [1.29, 1.82) is 0 Å². The topological polar surface area (TPSA) is 62.7 Å². The Morgan fingerprint density at radius 1 is 0.188 bits per heavy atom. The van der Waals surface area contributed by atoms with Gasteiger partial charge >= 0.3 is 14.2 Å². The Hall–Kier alpha value is -14.5. The number of fused-ring (bicyclic) bond motifs is 12.